The average molecular weight is 264 g/mol. The second-order valence-electron chi connectivity index (χ2n) is 3.86. The van der Waals surface area contributed by atoms with Crippen LogP contribution in [-0.2, 0) is 9.59 Å². The fourth-order valence-corrected chi connectivity index (χ4v) is 3.38. The average Bonchev–Trinajstić information content (AvgIpc) is 2.74. The van der Waals surface area contributed by atoms with Crippen LogP contribution in [0.3, 0.4) is 0 Å². The third kappa shape index (κ3) is 1.34. The van der Waals surface area contributed by atoms with E-state index < -0.39 is 5.41 Å². The van der Waals surface area contributed by atoms with Crippen LogP contribution < -0.4 is 10.6 Å². The molecule has 3 aliphatic rings. The summed E-state index contributed by atoms with van der Waals surface area (Å²) in [6, 6.07) is 0. The first kappa shape index (κ1) is 10.7. The lowest BCUT2D eigenvalue weighted by Crippen LogP contribution is -2.62. The van der Waals surface area contributed by atoms with Crippen LogP contribution >= 0.6 is 24.0 Å². The molecule has 1 spiro atoms. The van der Waals surface area contributed by atoms with Gasteiger partial charge in [0.1, 0.15) is 0 Å². The third-order valence-electron chi connectivity index (χ3n) is 2.98. The number of carbonyl (C=O) groups excluding carboxylic acids is 2. The summed E-state index contributed by atoms with van der Waals surface area (Å²) < 4.78 is 0. The molecule has 2 aliphatic heterocycles. The van der Waals surface area contributed by atoms with Crippen molar-refractivity contribution in [1.82, 2.24) is 10.6 Å². The summed E-state index contributed by atoms with van der Waals surface area (Å²) in [6.45, 7) is 0. The van der Waals surface area contributed by atoms with Gasteiger partial charge < -0.3 is 10.6 Å². The molecule has 17 heavy (non-hydrogen) atoms. The van der Waals surface area contributed by atoms with Crippen LogP contribution in [0.2, 0.25) is 0 Å². The Morgan fingerprint density at radius 2 is 2.00 bits per heavy atom. The van der Waals surface area contributed by atoms with Crippen LogP contribution in [0.4, 0.5) is 0 Å². The number of amides is 2. The maximum Gasteiger partial charge on any atom is 0.250 e. The van der Waals surface area contributed by atoms with Gasteiger partial charge >= 0.3 is 0 Å². The van der Waals surface area contributed by atoms with E-state index >= 15 is 0 Å². The first-order chi connectivity index (χ1) is 8.14. The standard InChI is InChI=1S/C11H8N2O2S2/c14-8-11(9(15)13-10(16)12-8)4-1-2-7-6(11)3-5-17-7/h1-4H,5H2,(H2,12,13,14,15,16). The monoisotopic (exact) mass is 264 g/mol. The lowest BCUT2D eigenvalue weighted by molar-refractivity contribution is -0.137. The Bertz CT molecular complexity index is 526. The molecule has 2 heterocycles. The number of fused-ring (bicyclic) bond motifs is 2. The van der Waals surface area contributed by atoms with Gasteiger partial charge in [0.15, 0.2) is 10.5 Å². The summed E-state index contributed by atoms with van der Waals surface area (Å²) in [6.07, 6.45) is 7.22. The molecule has 1 aliphatic carbocycles. The van der Waals surface area contributed by atoms with Gasteiger partial charge in [-0.15, -0.1) is 11.8 Å². The summed E-state index contributed by atoms with van der Waals surface area (Å²) in [4.78, 5) is 25.3. The van der Waals surface area contributed by atoms with Crippen LogP contribution in [0.5, 0.6) is 0 Å². The second kappa shape index (κ2) is 3.54. The summed E-state index contributed by atoms with van der Waals surface area (Å²) in [5, 5.41) is 5.10. The van der Waals surface area contributed by atoms with Crippen molar-refractivity contribution >= 4 is 40.9 Å². The highest BCUT2D eigenvalue weighted by Gasteiger charge is 2.52. The van der Waals surface area contributed by atoms with Crippen LogP contribution in [-0.4, -0.2) is 22.7 Å². The smallest absolute Gasteiger partial charge is 0.250 e. The molecule has 0 saturated carbocycles. The molecule has 2 amide bonds. The summed E-state index contributed by atoms with van der Waals surface area (Å²) in [7, 11) is 0. The minimum Gasteiger partial charge on any atom is -0.301 e. The van der Waals surface area contributed by atoms with Crippen molar-refractivity contribution < 1.29 is 9.59 Å². The fraction of sp³-hybridized carbons (Fsp3) is 0.182. The first-order valence-electron chi connectivity index (χ1n) is 5.05. The van der Waals surface area contributed by atoms with Crippen LogP contribution in [0.25, 0.3) is 0 Å². The van der Waals surface area contributed by atoms with Crippen LogP contribution in [0.15, 0.2) is 34.8 Å². The Hall–Kier alpha value is -1.40. The number of hydrogen-bond acceptors (Lipinski definition) is 4. The van der Waals surface area contributed by atoms with E-state index in [0.717, 1.165) is 16.2 Å². The molecule has 3 rings (SSSR count). The number of nitrogens with one attached hydrogen (secondary N) is 2. The van der Waals surface area contributed by atoms with Crippen molar-refractivity contribution in [3.05, 3.63) is 34.8 Å². The molecule has 0 radical (unpaired) electrons. The predicted octanol–water partition coefficient (Wildman–Crippen LogP) is 0.631. The van der Waals surface area contributed by atoms with E-state index in [1.165, 1.54) is 0 Å². The van der Waals surface area contributed by atoms with E-state index in [2.05, 4.69) is 10.6 Å². The zero-order valence-electron chi connectivity index (χ0n) is 8.65. The molecular weight excluding hydrogens is 256 g/mol. The minimum absolute atomic E-state index is 0.0707. The summed E-state index contributed by atoms with van der Waals surface area (Å²) >= 11 is 6.43. The van der Waals surface area contributed by atoms with Crippen molar-refractivity contribution in [1.29, 1.82) is 0 Å². The number of carbonyl (C=O) groups is 2. The van der Waals surface area contributed by atoms with Gasteiger partial charge in [-0.25, -0.2) is 0 Å². The summed E-state index contributed by atoms with van der Waals surface area (Å²) in [5.74, 6) is 0.0407. The van der Waals surface area contributed by atoms with E-state index in [9.17, 15) is 9.59 Å². The molecule has 86 valence electrons. The van der Waals surface area contributed by atoms with Crippen LogP contribution in [0.1, 0.15) is 0 Å². The fourth-order valence-electron chi connectivity index (χ4n) is 2.19. The minimum atomic E-state index is -1.24. The summed E-state index contributed by atoms with van der Waals surface area (Å²) in [5.41, 5.74) is -0.474. The van der Waals surface area contributed by atoms with Crippen molar-refractivity contribution in [2.24, 2.45) is 5.41 Å². The highest BCUT2D eigenvalue weighted by Crippen LogP contribution is 2.46. The Kier molecular flexibility index (Phi) is 2.24. The molecule has 1 fully saturated rings. The SMILES string of the molecule is O=C1NC(=S)NC(=O)C12C=CC=C1SCC=C12. The van der Waals surface area contributed by atoms with Gasteiger partial charge in [0.2, 0.25) is 11.8 Å². The molecule has 4 nitrogen and oxygen atoms in total. The van der Waals surface area contributed by atoms with E-state index in [-0.39, 0.29) is 16.9 Å². The van der Waals surface area contributed by atoms with Gasteiger partial charge in [-0.3, -0.25) is 9.59 Å². The third-order valence-corrected chi connectivity index (χ3v) is 4.19. The first-order valence-corrected chi connectivity index (χ1v) is 6.44. The number of allylic oxidation sites excluding steroid dienone is 3. The van der Waals surface area contributed by atoms with Gasteiger partial charge in [0, 0.05) is 10.7 Å². The maximum absolute atomic E-state index is 12.1. The molecule has 0 aromatic rings. The number of hydrogen-bond donors (Lipinski definition) is 2. The topological polar surface area (TPSA) is 58.2 Å². The number of thiocarbonyl (C=S) groups is 1. The molecule has 0 atom stereocenters. The molecule has 0 aromatic heterocycles. The molecule has 0 unspecified atom stereocenters. The molecule has 6 heteroatoms. The Balaban J connectivity index is 2.15. The zero-order chi connectivity index (χ0) is 12.0. The highest BCUT2D eigenvalue weighted by atomic mass is 32.2. The normalized spacial score (nSPS) is 25.1. The van der Waals surface area contributed by atoms with Gasteiger partial charge in [-0.2, -0.15) is 0 Å². The van der Waals surface area contributed by atoms with Gasteiger partial charge in [0.25, 0.3) is 0 Å². The number of rotatable bonds is 0. The lowest BCUT2D eigenvalue weighted by Gasteiger charge is -2.35. The van der Waals surface area contributed by atoms with Gasteiger partial charge in [-0.1, -0.05) is 18.2 Å². The van der Waals surface area contributed by atoms with Crippen molar-refractivity contribution in [3.63, 3.8) is 0 Å². The molecule has 2 N–H and O–H groups in total. The quantitative estimate of drug-likeness (QED) is 0.498. The number of thioether (sulfide) groups is 1. The van der Waals surface area contributed by atoms with Gasteiger partial charge in [-0.05, 0) is 23.9 Å². The Labute approximate surface area is 107 Å². The van der Waals surface area contributed by atoms with Crippen molar-refractivity contribution in [3.8, 4) is 0 Å². The lowest BCUT2D eigenvalue weighted by atomic mass is 9.74. The van der Waals surface area contributed by atoms with Crippen molar-refractivity contribution in [2.45, 2.75) is 0 Å². The van der Waals surface area contributed by atoms with E-state index in [1.807, 2.05) is 12.2 Å². The molecule has 1 saturated heterocycles. The maximum atomic E-state index is 12.1. The van der Waals surface area contributed by atoms with E-state index in [1.54, 1.807) is 23.9 Å². The van der Waals surface area contributed by atoms with E-state index in [4.69, 9.17) is 12.2 Å². The highest BCUT2D eigenvalue weighted by molar-refractivity contribution is 8.03. The largest absolute Gasteiger partial charge is 0.301 e. The van der Waals surface area contributed by atoms with E-state index in [0.29, 0.717) is 0 Å². The Morgan fingerprint density at radius 3 is 2.71 bits per heavy atom. The zero-order valence-corrected chi connectivity index (χ0v) is 10.3. The second-order valence-corrected chi connectivity index (χ2v) is 5.33. The predicted molar refractivity (Wildman–Crippen MR) is 69.1 cm³/mol. The molecule has 0 aromatic carbocycles. The molecule has 0 bridgehead atoms. The molecular formula is C11H8N2O2S2. The van der Waals surface area contributed by atoms with Crippen LogP contribution in [0, 0.1) is 5.41 Å². The van der Waals surface area contributed by atoms with Gasteiger partial charge in [0.05, 0.1) is 0 Å². The Morgan fingerprint density at radius 1 is 1.29 bits per heavy atom. The van der Waals surface area contributed by atoms with Crippen molar-refractivity contribution in [2.75, 3.05) is 5.75 Å².